The number of aromatic nitrogens is 5. The van der Waals surface area contributed by atoms with Crippen molar-refractivity contribution in [3.05, 3.63) is 24.3 Å². The van der Waals surface area contributed by atoms with E-state index in [1.807, 2.05) is 12.3 Å². The molecule has 0 amide bonds. The summed E-state index contributed by atoms with van der Waals surface area (Å²) >= 11 is 0. The third kappa shape index (κ3) is 3.72. The lowest BCUT2D eigenvalue weighted by Gasteiger charge is -2.23. The first kappa shape index (κ1) is 19.9. The fourth-order valence-corrected chi connectivity index (χ4v) is 6.66. The molecule has 1 aliphatic carbocycles. The van der Waals surface area contributed by atoms with Crippen LogP contribution in [0.2, 0.25) is 0 Å². The maximum absolute atomic E-state index is 12.8. The van der Waals surface area contributed by atoms with Gasteiger partial charge in [0.25, 0.3) is 0 Å². The number of fused-ring (bicyclic) bond motifs is 3. The van der Waals surface area contributed by atoms with Gasteiger partial charge in [0, 0.05) is 24.8 Å². The third-order valence-electron chi connectivity index (χ3n) is 6.54. The molecular formula is C20H28N6O3S. The third-order valence-corrected chi connectivity index (χ3v) is 8.05. The summed E-state index contributed by atoms with van der Waals surface area (Å²) < 4.78 is 36.2. The van der Waals surface area contributed by atoms with Crippen LogP contribution in [-0.2, 0) is 14.8 Å². The molecule has 1 aliphatic heterocycles. The Morgan fingerprint density at radius 3 is 3.00 bits per heavy atom. The molecule has 3 aromatic heterocycles. The number of H-pyrrole nitrogens is 1. The Labute approximate surface area is 175 Å². The van der Waals surface area contributed by atoms with E-state index >= 15 is 0 Å². The maximum atomic E-state index is 12.8. The molecule has 0 radical (unpaired) electrons. The van der Waals surface area contributed by atoms with Gasteiger partial charge in [-0.1, -0.05) is 13.3 Å². The standard InChI is InChI=1S/C20H28N6O3S/c1-2-13-9-14(25-30(27,28)12-15-5-3-4-8-29-15)10-16(13)20-24-23-18-11-22-19-17(26(18)20)6-7-21-19/h6-7,11,13-16,21,25H,2-5,8-10,12H2,1H3. The zero-order valence-electron chi connectivity index (χ0n) is 17.1. The van der Waals surface area contributed by atoms with Crippen LogP contribution in [0.1, 0.15) is 57.2 Å². The van der Waals surface area contributed by atoms with E-state index in [-0.39, 0.29) is 23.8 Å². The highest BCUT2D eigenvalue weighted by molar-refractivity contribution is 7.89. The average molecular weight is 433 g/mol. The monoisotopic (exact) mass is 432 g/mol. The average Bonchev–Trinajstić information content (AvgIpc) is 3.44. The molecule has 4 unspecified atom stereocenters. The molecule has 4 heterocycles. The van der Waals surface area contributed by atoms with Gasteiger partial charge < -0.3 is 9.72 Å². The van der Waals surface area contributed by atoms with E-state index < -0.39 is 10.0 Å². The molecule has 2 aliphatic rings. The van der Waals surface area contributed by atoms with E-state index in [1.165, 1.54) is 0 Å². The van der Waals surface area contributed by atoms with Crippen LogP contribution in [0.4, 0.5) is 0 Å². The van der Waals surface area contributed by atoms with Gasteiger partial charge in [-0.3, -0.25) is 4.40 Å². The predicted molar refractivity (Wildman–Crippen MR) is 113 cm³/mol. The van der Waals surface area contributed by atoms with Gasteiger partial charge in [0.05, 0.1) is 23.6 Å². The molecule has 2 fully saturated rings. The Balaban J connectivity index is 1.37. The minimum absolute atomic E-state index is 0.0501. The molecular weight excluding hydrogens is 404 g/mol. The lowest BCUT2D eigenvalue weighted by molar-refractivity contribution is 0.0303. The lowest BCUT2D eigenvalue weighted by Crippen LogP contribution is -2.39. The van der Waals surface area contributed by atoms with Crippen LogP contribution >= 0.6 is 0 Å². The van der Waals surface area contributed by atoms with Crippen molar-refractivity contribution < 1.29 is 13.2 Å². The Morgan fingerprint density at radius 1 is 1.30 bits per heavy atom. The van der Waals surface area contributed by atoms with Crippen molar-refractivity contribution in [1.29, 1.82) is 0 Å². The Hall–Kier alpha value is -2.04. The summed E-state index contributed by atoms with van der Waals surface area (Å²) in [6.07, 6.45) is 8.75. The Kier molecular flexibility index (Phi) is 5.24. The molecule has 5 rings (SSSR count). The maximum Gasteiger partial charge on any atom is 0.214 e. The highest BCUT2D eigenvalue weighted by Crippen LogP contribution is 2.41. The van der Waals surface area contributed by atoms with Crippen LogP contribution in [0.5, 0.6) is 0 Å². The van der Waals surface area contributed by atoms with E-state index in [2.05, 4.69) is 36.2 Å². The molecule has 30 heavy (non-hydrogen) atoms. The number of hydrogen-bond acceptors (Lipinski definition) is 6. The van der Waals surface area contributed by atoms with Gasteiger partial charge in [0.1, 0.15) is 5.82 Å². The van der Waals surface area contributed by atoms with Crippen molar-refractivity contribution in [2.75, 3.05) is 12.4 Å². The van der Waals surface area contributed by atoms with Crippen molar-refractivity contribution in [3.8, 4) is 0 Å². The van der Waals surface area contributed by atoms with Crippen molar-refractivity contribution in [2.45, 2.75) is 63.5 Å². The minimum Gasteiger partial charge on any atom is -0.377 e. The SMILES string of the molecule is CCC1CC(NS(=O)(=O)CC2CCCCO2)CC1c1nnc2cnc3[nH]ccc3n12. The summed E-state index contributed by atoms with van der Waals surface area (Å²) in [6, 6.07) is 1.88. The second-order valence-electron chi connectivity index (χ2n) is 8.55. The molecule has 0 aromatic carbocycles. The molecule has 0 bridgehead atoms. The molecule has 1 saturated carbocycles. The van der Waals surface area contributed by atoms with Crippen LogP contribution in [0, 0.1) is 5.92 Å². The smallest absolute Gasteiger partial charge is 0.214 e. The van der Waals surface area contributed by atoms with Gasteiger partial charge in [0.15, 0.2) is 11.3 Å². The van der Waals surface area contributed by atoms with E-state index in [1.54, 1.807) is 6.20 Å². The predicted octanol–water partition coefficient (Wildman–Crippen LogP) is 2.37. The van der Waals surface area contributed by atoms with Crippen LogP contribution < -0.4 is 4.72 Å². The number of nitrogens with one attached hydrogen (secondary N) is 2. The first-order valence-corrected chi connectivity index (χ1v) is 12.5. The van der Waals surface area contributed by atoms with Crippen LogP contribution in [0.15, 0.2) is 18.5 Å². The fourth-order valence-electron chi connectivity index (χ4n) is 5.11. The summed E-state index contributed by atoms with van der Waals surface area (Å²) in [5.74, 6) is 1.43. The van der Waals surface area contributed by atoms with Gasteiger partial charge in [-0.15, -0.1) is 10.2 Å². The molecule has 2 N–H and O–H groups in total. The van der Waals surface area contributed by atoms with Crippen LogP contribution in [0.25, 0.3) is 16.8 Å². The van der Waals surface area contributed by atoms with Gasteiger partial charge in [-0.05, 0) is 44.1 Å². The number of rotatable bonds is 6. The summed E-state index contributed by atoms with van der Waals surface area (Å²) in [6.45, 7) is 2.81. The topological polar surface area (TPSA) is 114 Å². The second kappa shape index (κ2) is 7.90. The van der Waals surface area contributed by atoms with Crippen molar-refractivity contribution >= 4 is 26.8 Å². The second-order valence-corrected chi connectivity index (χ2v) is 10.4. The normalized spacial score (nSPS) is 27.9. The van der Waals surface area contributed by atoms with Crippen LogP contribution in [-0.4, -0.2) is 57.5 Å². The molecule has 3 aromatic rings. The molecule has 1 saturated heterocycles. The molecule has 0 spiro atoms. The molecule has 10 heteroatoms. The first-order valence-electron chi connectivity index (χ1n) is 10.8. The summed E-state index contributed by atoms with van der Waals surface area (Å²) in [5, 5.41) is 8.81. The summed E-state index contributed by atoms with van der Waals surface area (Å²) in [5.41, 5.74) is 2.45. The number of aromatic amines is 1. The molecule has 162 valence electrons. The number of ether oxygens (including phenoxy) is 1. The van der Waals surface area contributed by atoms with Crippen molar-refractivity contribution in [1.82, 2.24) is 29.3 Å². The Bertz CT molecular complexity index is 1130. The van der Waals surface area contributed by atoms with Gasteiger partial charge in [-0.2, -0.15) is 0 Å². The fraction of sp³-hybridized carbons (Fsp3) is 0.650. The number of nitrogens with zero attached hydrogens (tertiary/aromatic N) is 4. The largest absolute Gasteiger partial charge is 0.377 e. The van der Waals surface area contributed by atoms with Gasteiger partial charge in [-0.25, -0.2) is 18.1 Å². The quantitative estimate of drug-likeness (QED) is 0.618. The summed E-state index contributed by atoms with van der Waals surface area (Å²) in [7, 11) is -3.39. The van der Waals surface area contributed by atoms with Gasteiger partial charge in [0.2, 0.25) is 10.0 Å². The summed E-state index contributed by atoms with van der Waals surface area (Å²) in [4.78, 5) is 7.52. The van der Waals surface area contributed by atoms with Gasteiger partial charge >= 0.3 is 0 Å². The number of sulfonamides is 1. The van der Waals surface area contributed by atoms with E-state index in [0.29, 0.717) is 18.2 Å². The van der Waals surface area contributed by atoms with Crippen molar-refractivity contribution in [2.24, 2.45) is 5.92 Å². The highest BCUT2D eigenvalue weighted by Gasteiger charge is 2.39. The van der Waals surface area contributed by atoms with Crippen LogP contribution in [0.3, 0.4) is 0 Å². The van der Waals surface area contributed by atoms with E-state index in [0.717, 1.165) is 55.5 Å². The van der Waals surface area contributed by atoms with Crippen molar-refractivity contribution in [3.63, 3.8) is 0 Å². The molecule has 4 atom stereocenters. The Morgan fingerprint density at radius 2 is 2.20 bits per heavy atom. The first-order chi connectivity index (χ1) is 14.5. The van der Waals surface area contributed by atoms with E-state index in [9.17, 15) is 8.42 Å². The molecule has 9 nitrogen and oxygen atoms in total. The lowest BCUT2D eigenvalue weighted by atomic mass is 9.93. The number of hydrogen-bond donors (Lipinski definition) is 2. The zero-order valence-corrected chi connectivity index (χ0v) is 17.9. The minimum atomic E-state index is -3.39. The zero-order chi connectivity index (χ0) is 20.7. The highest BCUT2D eigenvalue weighted by atomic mass is 32.2. The van der Waals surface area contributed by atoms with E-state index in [4.69, 9.17) is 4.74 Å².